The number of hydrogen-bond donors (Lipinski definition) is 1. The molecule has 1 aromatic heterocycles. The van der Waals surface area contributed by atoms with Crippen molar-refractivity contribution >= 4 is 11.9 Å². The zero-order valence-corrected chi connectivity index (χ0v) is 11.2. The van der Waals surface area contributed by atoms with Crippen LogP contribution in [0.5, 0.6) is 0 Å². The van der Waals surface area contributed by atoms with Gasteiger partial charge in [0.2, 0.25) is 5.95 Å². The van der Waals surface area contributed by atoms with Gasteiger partial charge in [-0.15, -0.1) is 0 Å². The summed E-state index contributed by atoms with van der Waals surface area (Å²) in [6.07, 6.45) is 5.38. The smallest absolute Gasteiger partial charge is 0.256 e. The third kappa shape index (κ3) is 3.18. The number of nitrogens with zero attached hydrogens (tertiary/aromatic N) is 3. The molecule has 0 aliphatic carbocycles. The van der Waals surface area contributed by atoms with Gasteiger partial charge in [0.05, 0.1) is 5.56 Å². The van der Waals surface area contributed by atoms with Crippen molar-refractivity contribution in [3.05, 3.63) is 18.0 Å². The quantitative estimate of drug-likeness (QED) is 0.868. The van der Waals surface area contributed by atoms with Gasteiger partial charge in [0.1, 0.15) is 0 Å². The van der Waals surface area contributed by atoms with E-state index in [1.807, 2.05) is 25.7 Å². The first kappa shape index (κ1) is 12.8. The molecule has 0 saturated carbocycles. The number of amides is 1. The molecule has 1 aromatic rings. The van der Waals surface area contributed by atoms with E-state index in [-0.39, 0.29) is 11.4 Å². The third-order valence-electron chi connectivity index (χ3n) is 2.78. The van der Waals surface area contributed by atoms with E-state index in [1.165, 1.54) is 0 Å². The van der Waals surface area contributed by atoms with Crippen molar-refractivity contribution in [2.75, 3.05) is 18.4 Å². The number of rotatable bonds is 2. The summed E-state index contributed by atoms with van der Waals surface area (Å²) in [5.74, 6) is 0.593. The molecule has 1 aliphatic heterocycles. The lowest BCUT2D eigenvalue weighted by molar-refractivity contribution is 0.0792. The standard InChI is InChI=1S/C13H20N4O/c1-13(2,3)16-12-14-8-10(9-15-12)11(18)17-6-4-5-7-17/h8-9H,4-7H2,1-3H3,(H,14,15,16). The van der Waals surface area contributed by atoms with E-state index in [2.05, 4.69) is 15.3 Å². The zero-order chi connectivity index (χ0) is 13.2. The topological polar surface area (TPSA) is 58.1 Å². The van der Waals surface area contributed by atoms with Crippen LogP contribution in [0.1, 0.15) is 44.0 Å². The van der Waals surface area contributed by atoms with Gasteiger partial charge in [-0.2, -0.15) is 0 Å². The van der Waals surface area contributed by atoms with Crippen LogP contribution in [-0.2, 0) is 0 Å². The first-order chi connectivity index (χ1) is 8.46. The number of likely N-dealkylation sites (tertiary alicyclic amines) is 1. The highest BCUT2D eigenvalue weighted by molar-refractivity contribution is 5.93. The Kier molecular flexibility index (Phi) is 3.50. The Morgan fingerprint density at radius 3 is 2.28 bits per heavy atom. The maximum Gasteiger partial charge on any atom is 0.256 e. The predicted octanol–water partition coefficient (Wildman–Crippen LogP) is 1.92. The molecule has 1 fully saturated rings. The van der Waals surface area contributed by atoms with Gasteiger partial charge in [-0.25, -0.2) is 9.97 Å². The number of hydrogen-bond acceptors (Lipinski definition) is 4. The van der Waals surface area contributed by atoms with E-state index in [4.69, 9.17) is 0 Å². The van der Waals surface area contributed by atoms with E-state index >= 15 is 0 Å². The summed E-state index contributed by atoms with van der Waals surface area (Å²) in [7, 11) is 0. The van der Waals surface area contributed by atoms with Crippen LogP contribution in [0, 0.1) is 0 Å². The normalized spacial score (nSPS) is 15.8. The molecule has 1 amide bonds. The molecule has 0 atom stereocenters. The molecule has 0 spiro atoms. The van der Waals surface area contributed by atoms with E-state index < -0.39 is 0 Å². The Labute approximate surface area is 108 Å². The summed E-state index contributed by atoms with van der Waals surface area (Å²) >= 11 is 0. The summed E-state index contributed by atoms with van der Waals surface area (Å²) in [5, 5.41) is 3.17. The molecule has 0 radical (unpaired) electrons. The van der Waals surface area contributed by atoms with Crippen LogP contribution < -0.4 is 5.32 Å². The number of carbonyl (C=O) groups is 1. The fourth-order valence-electron chi connectivity index (χ4n) is 1.94. The average Bonchev–Trinajstić information content (AvgIpc) is 2.80. The molecule has 1 N–H and O–H groups in total. The highest BCUT2D eigenvalue weighted by Crippen LogP contribution is 2.13. The molecule has 0 unspecified atom stereocenters. The molecule has 2 rings (SSSR count). The van der Waals surface area contributed by atoms with Crippen LogP contribution in [0.25, 0.3) is 0 Å². The molecular weight excluding hydrogens is 228 g/mol. The van der Waals surface area contributed by atoms with Crippen molar-refractivity contribution in [1.82, 2.24) is 14.9 Å². The van der Waals surface area contributed by atoms with E-state index in [0.29, 0.717) is 11.5 Å². The molecule has 1 aliphatic rings. The number of aromatic nitrogens is 2. The van der Waals surface area contributed by atoms with Crippen molar-refractivity contribution in [3.63, 3.8) is 0 Å². The van der Waals surface area contributed by atoms with E-state index in [1.54, 1.807) is 12.4 Å². The predicted molar refractivity (Wildman–Crippen MR) is 70.5 cm³/mol. The lowest BCUT2D eigenvalue weighted by atomic mass is 10.1. The molecule has 98 valence electrons. The van der Waals surface area contributed by atoms with Crippen molar-refractivity contribution < 1.29 is 4.79 Å². The van der Waals surface area contributed by atoms with Crippen LogP contribution >= 0.6 is 0 Å². The second kappa shape index (κ2) is 4.92. The molecule has 18 heavy (non-hydrogen) atoms. The third-order valence-corrected chi connectivity index (χ3v) is 2.78. The summed E-state index contributed by atoms with van der Waals surface area (Å²) in [4.78, 5) is 22.3. The fraction of sp³-hybridized carbons (Fsp3) is 0.615. The molecule has 0 bridgehead atoms. The summed E-state index contributed by atoms with van der Waals surface area (Å²) in [5.41, 5.74) is 0.483. The van der Waals surface area contributed by atoms with Crippen LogP contribution in [0.3, 0.4) is 0 Å². The SMILES string of the molecule is CC(C)(C)Nc1ncc(C(=O)N2CCCC2)cn1. The van der Waals surface area contributed by atoms with Crippen LogP contribution in [0.2, 0.25) is 0 Å². The first-order valence-corrected chi connectivity index (χ1v) is 6.35. The van der Waals surface area contributed by atoms with Gasteiger partial charge in [0.15, 0.2) is 0 Å². The number of anilines is 1. The van der Waals surface area contributed by atoms with Gasteiger partial charge in [-0.1, -0.05) is 0 Å². The average molecular weight is 248 g/mol. The zero-order valence-electron chi connectivity index (χ0n) is 11.2. The minimum Gasteiger partial charge on any atom is -0.350 e. The second-order valence-electron chi connectivity index (χ2n) is 5.67. The lowest BCUT2D eigenvalue weighted by Crippen LogP contribution is -2.29. The monoisotopic (exact) mass is 248 g/mol. The van der Waals surface area contributed by atoms with Crippen LogP contribution in [0.15, 0.2) is 12.4 Å². The van der Waals surface area contributed by atoms with Gasteiger partial charge < -0.3 is 10.2 Å². The molecule has 1 saturated heterocycles. The molecule has 0 aromatic carbocycles. The van der Waals surface area contributed by atoms with Gasteiger partial charge in [-0.05, 0) is 33.6 Å². The molecule has 5 heteroatoms. The molecular formula is C13H20N4O. The van der Waals surface area contributed by atoms with Crippen LogP contribution in [0.4, 0.5) is 5.95 Å². The number of carbonyl (C=O) groups excluding carboxylic acids is 1. The Morgan fingerprint density at radius 1 is 1.22 bits per heavy atom. The van der Waals surface area contributed by atoms with Gasteiger partial charge in [-0.3, -0.25) is 4.79 Å². The maximum absolute atomic E-state index is 12.1. The van der Waals surface area contributed by atoms with Crippen molar-refractivity contribution in [2.45, 2.75) is 39.2 Å². The highest BCUT2D eigenvalue weighted by Gasteiger charge is 2.20. The fourth-order valence-corrected chi connectivity index (χ4v) is 1.94. The lowest BCUT2D eigenvalue weighted by Gasteiger charge is -2.20. The van der Waals surface area contributed by atoms with E-state index in [0.717, 1.165) is 25.9 Å². The van der Waals surface area contributed by atoms with Crippen LogP contribution in [-0.4, -0.2) is 39.4 Å². The highest BCUT2D eigenvalue weighted by atomic mass is 16.2. The summed E-state index contributed by atoms with van der Waals surface area (Å²) in [6, 6.07) is 0. The summed E-state index contributed by atoms with van der Waals surface area (Å²) in [6.45, 7) is 7.82. The minimum atomic E-state index is -0.0829. The number of nitrogens with one attached hydrogen (secondary N) is 1. The Bertz CT molecular complexity index is 416. The van der Waals surface area contributed by atoms with Gasteiger partial charge in [0.25, 0.3) is 5.91 Å². The molecule has 2 heterocycles. The minimum absolute atomic E-state index is 0.0369. The second-order valence-corrected chi connectivity index (χ2v) is 5.67. The summed E-state index contributed by atoms with van der Waals surface area (Å²) < 4.78 is 0. The van der Waals surface area contributed by atoms with Crippen molar-refractivity contribution in [1.29, 1.82) is 0 Å². The van der Waals surface area contributed by atoms with Crippen molar-refractivity contribution in [2.24, 2.45) is 0 Å². The molecule has 5 nitrogen and oxygen atoms in total. The Hall–Kier alpha value is -1.65. The Morgan fingerprint density at radius 2 is 1.78 bits per heavy atom. The first-order valence-electron chi connectivity index (χ1n) is 6.35. The maximum atomic E-state index is 12.1. The van der Waals surface area contributed by atoms with Gasteiger partial charge in [0, 0.05) is 31.0 Å². The largest absolute Gasteiger partial charge is 0.350 e. The van der Waals surface area contributed by atoms with E-state index in [9.17, 15) is 4.79 Å². The van der Waals surface area contributed by atoms with Gasteiger partial charge >= 0.3 is 0 Å². The van der Waals surface area contributed by atoms with Crippen molar-refractivity contribution in [3.8, 4) is 0 Å². The Balaban J connectivity index is 2.05.